The first kappa shape index (κ1) is 27.9. The SMILES string of the molecule is C=CCCCOC(=O)[C@H]1[C@@H]2OC3(CC2Br)C(C(=O)N(CC=C)C(C)(C)C)N([C@@H](CC)CO)C(=O)[C@H]13. The number of fused-ring (bicyclic) bond motifs is 1. The summed E-state index contributed by atoms with van der Waals surface area (Å²) >= 11 is 3.66. The van der Waals surface area contributed by atoms with E-state index in [0.29, 0.717) is 25.8 Å². The number of aliphatic hydroxyl groups excluding tert-OH is 1. The van der Waals surface area contributed by atoms with Gasteiger partial charge in [0.2, 0.25) is 11.8 Å². The number of rotatable bonds is 11. The van der Waals surface area contributed by atoms with E-state index in [9.17, 15) is 19.5 Å². The van der Waals surface area contributed by atoms with Crippen LogP contribution in [0.25, 0.3) is 0 Å². The van der Waals surface area contributed by atoms with Gasteiger partial charge in [-0.25, -0.2) is 0 Å². The van der Waals surface area contributed by atoms with Crippen LogP contribution >= 0.6 is 15.9 Å². The zero-order valence-electron chi connectivity index (χ0n) is 21.2. The number of allylic oxidation sites excluding steroid dienone is 1. The van der Waals surface area contributed by atoms with Gasteiger partial charge in [-0.2, -0.15) is 0 Å². The predicted molar refractivity (Wildman–Crippen MR) is 136 cm³/mol. The number of hydrogen-bond donors (Lipinski definition) is 1. The van der Waals surface area contributed by atoms with Crippen molar-refractivity contribution in [3.8, 4) is 0 Å². The summed E-state index contributed by atoms with van der Waals surface area (Å²) in [5, 5.41) is 10.1. The second-order valence-corrected chi connectivity index (χ2v) is 11.8. The summed E-state index contributed by atoms with van der Waals surface area (Å²) in [5.41, 5.74) is -1.71. The maximum absolute atomic E-state index is 14.2. The highest BCUT2D eigenvalue weighted by molar-refractivity contribution is 9.09. The molecular weight excluding hydrogens is 516 g/mol. The number of esters is 1. The molecule has 0 saturated carbocycles. The van der Waals surface area contributed by atoms with Crippen molar-refractivity contribution >= 4 is 33.7 Å². The second-order valence-electron chi connectivity index (χ2n) is 10.7. The van der Waals surface area contributed by atoms with Crippen molar-refractivity contribution in [2.24, 2.45) is 11.8 Å². The number of carbonyl (C=O) groups excluding carboxylic acids is 3. The number of amides is 2. The fraction of sp³-hybridized carbons (Fsp3) is 0.731. The lowest BCUT2D eigenvalue weighted by Crippen LogP contribution is -2.61. The summed E-state index contributed by atoms with van der Waals surface area (Å²) in [7, 11) is 0. The minimum absolute atomic E-state index is 0.204. The number of aliphatic hydroxyl groups is 1. The smallest absolute Gasteiger partial charge is 0.312 e. The van der Waals surface area contributed by atoms with Crippen LogP contribution in [0, 0.1) is 11.8 Å². The summed E-state index contributed by atoms with van der Waals surface area (Å²) < 4.78 is 12.0. The molecule has 0 aromatic rings. The molecule has 3 saturated heterocycles. The Morgan fingerprint density at radius 1 is 1.37 bits per heavy atom. The third-order valence-corrected chi connectivity index (χ3v) is 8.34. The molecular formula is C26H39BrN2O6. The van der Waals surface area contributed by atoms with Crippen molar-refractivity contribution in [3.63, 3.8) is 0 Å². The number of nitrogens with zero attached hydrogens (tertiary/aromatic N) is 2. The molecule has 3 aliphatic rings. The van der Waals surface area contributed by atoms with E-state index in [1.807, 2.05) is 27.7 Å². The van der Waals surface area contributed by atoms with Crippen molar-refractivity contribution in [2.75, 3.05) is 19.8 Å². The summed E-state index contributed by atoms with van der Waals surface area (Å²) in [5.74, 6) is -2.73. The molecule has 1 N–H and O–H groups in total. The lowest BCUT2D eigenvalue weighted by molar-refractivity contribution is -0.157. The topological polar surface area (TPSA) is 96.4 Å². The van der Waals surface area contributed by atoms with Gasteiger partial charge >= 0.3 is 5.97 Å². The molecule has 3 heterocycles. The van der Waals surface area contributed by atoms with Crippen molar-refractivity contribution in [1.29, 1.82) is 0 Å². The van der Waals surface area contributed by atoms with Crippen LogP contribution in [0.15, 0.2) is 25.3 Å². The number of likely N-dealkylation sites (tertiary alicyclic amines) is 1. The predicted octanol–water partition coefficient (Wildman–Crippen LogP) is 2.83. The van der Waals surface area contributed by atoms with Gasteiger partial charge in [-0.05, 0) is 46.5 Å². The molecule has 0 aromatic carbocycles. The maximum Gasteiger partial charge on any atom is 0.312 e. The third kappa shape index (κ3) is 4.71. The molecule has 9 heteroatoms. The largest absolute Gasteiger partial charge is 0.465 e. The number of halogens is 1. The Labute approximate surface area is 216 Å². The highest BCUT2D eigenvalue weighted by atomic mass is 79.9. The molecule has 0 aliphatic carbocycles. The fourth-order valence-electron chi connectivity index (χ4n) is 5.89. The first-order chi connectivity index (χ1) is 16.5. The maximum atomic E-state index is 14.2. The first-order valence-electron chi connectivity index (χ1n) is 12.4. The molecule has 3 aliphatic heterocycles. The Morgan fingerprint density at radius 3 is 2.60 bits per heavy atom. The van der Waals surface area contributed by atoms with Crippen LogP contribution < -0.4 is 0 Å². The van der Waals surface area contributed by atoms with E-state index in [-0.39, 0.29) is 29.9 Å². The van der Waals surface area contributed by atoms with Crippen LogP contribution in [-0.2, 0) is 23.9 Å². The van der Waals surface area contributed by atoms with E-state index in [2.05, 4.69) is 29.1 Å². The van der Waals surface area contributed by atoms with Crippen LogP contribution in [0.2, 0.25) is 0 Å². The average molecular weight is 556 g/mol. The van der Waals surface area contributed by atoms with Gasteiger partial charge in [-0.3, -0.25) is 14.4 Å². The molecule has 2 amide bonds. The van der Waals surface area contributed by atoms with Gasteiger partial charge in [0.25, 0.3) is 0 Å². The zero-order chi connectivity index (χ0) is 26.1. The lowest BCUT2D eigenvalue weighted by atomic mass is 9.70. The number of hydrogen-bond acceptors (Lipinski definition) is 6. The number of alkyl halides is 1. The monoisotopic (exact) mass is 554 g/mol. The van der Waals surface area contributed by atoms with E-state index in [4.69, 9.17) is 9.47 Å². The van der Waals surface area contributed by atoms with Crippen LogP contribution in [0.4, 0.5) is 0 Å². The molecule has 0 aromatic heterocycles. The van der Waals surface area contributed by atoms with Gasteiger partial charge in [0.05, 0.1) is 37.2 Å². The lowest BCUT2D eigenvalue weighted by Gasteiger charge is -2.43. The Bertz CT molecular complexity index is 853. The van der Waals surface area contributed by atoms with Gasteiger partial charge < -0.3 is 24.4 Å². The van der Waals surface area contributed by atoms with Gasteiger partial charge in [-0.1, -0.05) is 35.0 Å². The molecule has 3 fully saturated rings. The Hall–Kier alpha value is -1.71. The molecule has 7 atom stereocenters. The first-order valence-corrected chi connectivity index (χ1v) is 13.4. The summed E-state index contributed by atoms with van der Waals surface area (Å²) in [6.07, 6.45) is 5.09. The van der Waals surface area contributed by atoms with Crippen LogP contribution in [0.3, 0.4) is 0 Å². The van der Waals surface area contributed by atoms with Crippen molar-refractivity contribution in [2.45, 2.75) is 87.5 Å². The van der Waals surface area contributed by atoms with Crippen LogP contribution in [0.1, 0.15) is 53.4 Å². The van der Waals surface area contributed by atoms with Crippen LogP contribution in [0.5, 0.6) is 0 Å². The minimum Gasteiger partial charge on any atom is -0.465 e. The molecule has 1 spiro atoms. The van der Waals surface area contributed by atoms with E-state index < -0.39 is 47.1 Å². The highest BCUT2D eigenvalue weighted by Gasteiger charge is 2.77. The van der Waals surface area contributed by atoms with E-state index in [1.54, 1.807) is 17.1 Å². The van der Waals surface area contributed by atoms with E-state index >= 15 is 0 Å². The quantitative estimate of drug-likeness (QED) is 0.182. The summed E-state index contributed by atoms with van der Waals surface area (Å²) in [6.45, 7) is 15.4. The number of ether oxygens (including phenoxy) is 2. The summed E-state index contributed by atoms with van der Waals surface area (Å²) in [6, 6.07) is -1.53. The van der Waals surface area contributed by atoms with Crippen molar-refractivity contribution < 1.29 is 29.0 Å². The number of unbranched alkanes of at least 4 members (excludes halogenated alkanes) is 1. The number of carbonyl (C=O) groups is 3. The van der Waals surface area contributed by atoms with E-state index in [1.165, 1.54) is 4.90 Å². The Morgan fingerprint density at radius 2 is 2.06 bits per heavy atom. The van der Waals surface area contributed by atoms with Crippen molar-refractivity contribution in [3.05, 3.63) is 25.3 Å². The standard InChI is InChI=1S/C26H39BrN2O6/c1-7-10-11-13-34-24(33)18-19-22(31)29(16(9-3)15-30)21(26(19)14-17(27)20(18)35-26)23(32)28(12-8-2)25(4,5)6/h7-8,16-21,30H,1-2,9-15H2,3-6H3/t16-,17?,18+,19-,20+,21?,26?/m0/s1. The van der Waals surface area contributed by atoms with Gasteiger partial charge in [0, 0.05) is 16.9 Å². The van der Waals surface area contributed by atoms with E-state index in [0.717, 1.165) is 6.42 Å². The van der Waals surface area contributed by atoms with Gasteiger partial charge in [0.15, 0.2) is 0 Å². The highest BCUT2D eigenvalue weighted by Crippen LogP contribution is 2.61. The third-order valence-electron chi connectivity index (χ3n) is 7.49. The Kier molecular flexibility index (Phi) is 8.54. The molecule has 35 heavy (non-hydrogen) atoms. The molecule has 0 radical (unpaired) electrons. The zero-order valence-corrected chi connectivity index (χ0v) is 22.8. The molecule has 3 rings (SSSR count). The second kappa shape index (κ2) is 10.7. The van der Waals surface area contributed by atoms with Gasteiger partial charge in [0.1, 0.15) is 11.6 Å². The molecule has 2 bridgehead atoms. The normalized spacial score (nSPS) is 32.3. The Balaban J connectivity index is 2.06. The van der Waals surface area contributed by atoms with Crippen LogP contribution in [-0.4, -0.2) is 86.6 Å². The fourth-order valence-corrected chi connectivity index (χ4v) is 6.83. The molecule has 196 valence electrons. The van der Waals surface area contributed by atoms with Crippen molar-refractivity contribution in [1.82, 2.24) is 9.80 Å². The summed E-state index contributed by atoms with van der Waals surface area (Å²) in [4.78, 5) is 44.4. The average Bonchev–Trinajstić information content (AvgIpc) is 3.38. The molecule has 8 nitrogen and oxygen atoms in total. The molecule has 3 unspecified atom stereocenters. The minimum atomic E-state index is -1.18. The van der Waals surface area contributed by atoms with Gasteiger partial charge in [-0.15, -0.1) is 13.2 Å².